The smallest absolute Gasteiger partial charge is 0.416 e. The molecule has 0 fully saturated rings. The minimum absolute atomic E-state index is 0.228. The molecule has 0 amide bonds. The highest BCUT2D eigenvalue weighted by atomic mass is 32.2. The van der Waals surface area contributed by atoms with E-state index in [2.05, 4.69) is 20.6 Å². The predicted octanol–water partition coefficient (Wildman–Crippen LogP) is 7.00. The molecule has 0 bridgehead atoms. The number of rotatable bonds is 9. The number of aromatic nitrogens is 2. The number of hydrogen-bond acceptors (Lipinski definition) is 8. The highest BCUT2D eigenvalue weighted by Gasteiger charge is 2.29. The number of nitrogens with zero attached hydrogens (tertiary/aromatic N) is 2. The molecule has 0 atom stereocenters. The summed E-state index contributed by atoms with van der Waals surface area (Å²) in [6, 6.07) is 18.9. The lowest BCUT2D eigenvalue weighted by atomic mass is 10.1. The van der Waals surface area contributed by atoms with Gasteiger partial charge >= 0.3 is 6.18 Å². The van der Waals surface area contributed by atoms with E-state index in [1.807, 2.05) is 31.2 Å². The quantitative estimate of drug-likeness (QED) is 0.203. The van der Waals surface area contributed by atoms with Gasteiger partial charge in [0.1, 0.15) is 11.6 Å². The van der Waals surface area contributed by atoms with Crippen LogP contribution in [0, 0.1) is 4.78 Å². The highest BCUT2D eigenvalue weighted by Crippen LogP contribution is 2.31. The first-order chi connectivity index (χ1) is 17.7. The summed E-state index contributed by atoms with van der Waals surface area (Å²) >= 11 is 0. The Kier molecular flexibility index (Phi) is 7.92. The van der Waals surface area contributed by atoms with E-state index in [0.29, 0.717) is 34.1 Å². The van der Waals surface area contributed by atoms with Crippen molar-refractivity contribution >= 4 is 28.0 Å². The van der Waals surface area contributed by atoms with Crippen molar-refractivity contribution in [1.29, 1.82) is 4.78 Å². The maximum Gasteiger partial charge on any atom is 0.416 e. The maximum atomic E-state index is 12.9. The van der Waals surface area contributed by atoms with Crippen molar-refractivity contribution < 1.29 is 22.1 Å². The van der Waals surface area contributed by atoms with E-state index in [1.165, 1.54) is 12.1 Å². The van der Waals surface area contributed by atoms with Gasteiger partial charge in [0.2, 0.25) is 5.95 Å². The lowest BCUT2D eigenvalue weighted by Crippen LogP contribution is -2.08. The summed E-state index contributed by atoms with van der Waals surface area (Å²) in [5.41, 5.74) is 1.98. The van der Waals surface area contributed by atoms with Crippen LogP contribution in [-0.2, 0) is 27.5 Å². The van der Waals surface area contributed by atoms with Gasteiger partial charge in [-0.05, 0) is 48.4 Å². The second-order valence-electron chi connectivity index (χ2n) is 7.88. The Morgan fingerprint density at radius 1 is 1.03 bits per heavy atom. The Morgan fingerprint density at radius 2 is 1.76 bits per heavy atom. The minimum atomic E-state index is -4.40. The molecule has 1 aromatic heterocycles. The molecule has 0 spiro atoms. The molecule has 0 unspecified atom stereocenters. The van der Waals surface area contributed by atoms with Crippen LogP contribution in [0.25, 0.3) is 11.1 Å². The molecule has 11 heteroatoms. The molecule has 0 saturated heterocycles. The van der Waals surface area contributed by atoms with Crippen LogP contribution in [0.4, 0.5) is 30.6 Å². The average molecular weight is 527 g/mol. The number of hydrogen-bond donors (Lipinski definition) is 3. The summed E-state index contributed by atoms with van der Waals surface area (Å²) in [6.45, 7) is 2.66. The monoisotopic (exact) mass is 526 g/mol. The van der Waals surface area contributed by atoms with Gasteiger partial charge in [-0.1, -0.05) is 47.4 Å². The second kappa shape index (κ2) is 11.3. The maximum absolute atomic E-state index is 12.9. The number of benzene rings is 3. The van der Waals surface area contributed by atoms with Crippen LogP contribution in [0.15, 0.2) is 83.9 Å². The number of halogens is 3. The van der Waals surface area contributed by atoms with Crippen molar-refractivity contribution in [3.63, 3.8) is 0 Å². The Balaban J connectivity index is 1.63. The summed E-state index contributed by atoms with van der Waals surface area (Å²) in [4.78, 5) is 9.31. The number of nitrogens with one attached hydrogen (secondary N) is 3. The summed E-state index contributed by atoms with van der Waals surface area (Å²) < 4.78 is 63.1. The third kappa shape index (κ3) is 6.76. The summed E-state index contributed by atoms with van der Waals surface area (Å²) in [7, 11) is -1.89. The first-order valence-corrected chi connectivity index (χ1v) is 12.4. The van der Waals surface area contributed by atoms with E-state index in [1.54, 1.807) is 30.5 Å². The third-order valence-corrected chi connectivity index (χ3v) is 5.99. The first kappa shape index (κ1) is 26.0. The van der Waals surface area contributed by atoms with Gasteiger partial charge in [-0.2, -0.15) is 28.8 Å². The van der Waals surface area contributed by atoms with Gasteiger partial charge in [-0.25, -0.2) is 4.98 Å². The van der Waals surface area contributed by atoms with Gasteiger partial charge in [0.25, 0.3) is 0 Å². The Labute approximate surface area is 213 Å². The molecule has 0 radical (unpaired) electrons. The molecule has 0 aliphatic carbocycles. The van der Waals surface area contributed by atoms with Gasteiger partial charge in [-0.3, -0.25) is 0 Å². The first-order valence-electron chi connectivity index (χ1n) is 11.2. The van der Waals surface area contributed by atoms with E-state index < -0.39 is 22.3 Å². The Bertz CT molecular complexity index is 1430. The van der Waals surface area contributed by atoms with Gasteiger partial charge in [-0.15, -0.1) is 0 Å². The van der Waals surface area contributed by atoms with Crippen LogP contribution in [0.2, 0.25) is 0 Å². The number of ether oxygens (including phenoxy) is 1. The zero-order valence-corrected chi connectivity index (χ0v) is 20.5. The Morgan fingerprint density at radius 3 is 2.41 bits per heavy atom. The molecule has 0 aliphatic heterocycles. The molecule has 3 N–H and O–H groups in total. The molecule has 4 rings (SSSR count). The fourth-order valence-corrected chi connectivity index (χ4v) is 3.94. The summed E-state index contributed by atoms with van der Waals surface area (Å²) in [5, 5.41) is 6.24. The molecule has 3 aromatic carbocycles. The third-order valence-electron chi connectivity index (χ3n) is 5.31. The molecule has 37 heavy (non-hydrogen) atoms. The Hall–Kier alpha value is -4.12. The van der Waals surface area contributed by atoms with Crippen molar-refractivity contribution in [1.82, 2.24) is 9.97 Å². The van der Waals surface area contributed by atoms with Crippen molar-refractivity contribution in [2.45, 2.75) is 24.5 Å². The van der Waals surface area contributed by atoms with Gasteiger partial charge in [0, 0.05) is 24.0 Å². The lowest BCUT2D eigenvalue weighted by Gasteiger charge is -2.15. The van der Waals surface area contributed by atoms with E-state index in [4.69, 9.17) is 9.52 Å². The van der Waals surface area contributed by atoms with E-state index in [0.717, 1.165) is 23.4 Å². The molecule has 1 heterocycles. The second-order valence-corrected chi connectivity index (χ2v) is 8.89. The summed E-state index contributed by atoms with van der Waals surface area (Å²) in [5.74, 6) is 1.43. The van der Waals surface area contributed by atoms with Crippen LogP contribution in [-0.4, -0.2) is 16.6 Å². The minimum Gasteiger partial charge on any atom is -0.494 e. The van der Waals surface area contributed by atoms with Crippen LogP contribution in [0.1, 0.15) is 18.1 Å². The fourth-order valence-electron chi connectivity index (χ4n) is 3.50. The van der Waals surface area contributed by atoms with Crippen molar-refractivity contribution in [3.8, 4) is 16.9 Å². The molecule has 4 aromatic rings. The molecule has 0 aliphatic rings. The molecular weight excluding hydrogens is 503 g/mol. The van der Waals surface area contributed by atoms with Crippen molar-refractivity contribution in [2.75, 3.05) is 17.2 Å². The largest absolute Gasteiger partial charge is 0.494 e. The van der Waals surface area contributed by atoms with Crippen molar-refractivity contribution in [2.24, 2.45) is 0 Å². The van der Waals surface area contributed by atoms with Crippen LogP contribution >= 0.6 is 0 Å². The fraction of sp³-hybridized carbons (Fsp3) is 0.154. The number of anilines is 3. The van der Waals surface area contributed by atoms with Gasteiger partial charge in [0.15, 0.2) is 0 Å². The van der Waals surface area contributed by atoms with Gasteiger partial charge < -0.3 is 24.4 Å². The predicted molar refractivity (Wildman–Crippen MR) is 136 cm³/mol. The number of alkyl halides is 3. The van der Waals surface area contributed by atoms with Crippen LogP contribution < -0.4 is 15.4 Å². The van der Waals surface area contributed by atoms with Gasteiger partial charge in [0.05, 0.1) is 12.2 Å². The lowest BCUT2D eigenvalue weighted by molar-refractivity contribution is -0.137. The van der Waals surface area contributed by atoms with E-state index >= 15 is 0 Å². The molecule has 0 saturated carbocycles. The molecular formula is C26H23F3N5O2S-. The van der Waals surface area contributed by atoms with Crippen LogP contribution in [0.5, 0.6) is 5.75 Å². The van der Waals surface area contributed by atoms with Crippen LogP contribution in [0.3, 0.4) is 0 Å². The van der Waals surface area contributed by atoms with E-state index in [-0.39, 0.29) is 12.5 Å². The SMILES string of the molecule is CCOc1ccc(-c2cnc(Nc3cccc([S-](=N)=O)c3)nc2NCc2ccc(C(F)(F)F)cc2)cc1. The highest BCUT2D eigenvalue weighted by molar-refractivity contribution is 7.73. The zero-order chi connectivity index (χ0) is 26.4. The average Bonchev–Trinajstić information content (AvgIpc) is 2.88. The summed E-state index contributed by atoms with van der Waals surface area (Å²) in [6.07, 6.45) is -2.77. The zero-order valence-electron chi connectivity index (χ0n) is 19.7. The van der Waals surface area contributed by atoms with E-state index in [9.17, 15) is 17.4 Å². The topological polar surface area (TPSA) is 100.0 Å². The molecule has 7 nitrogen and oxygen atoms in total. The normalized spacial score (nSPS) is 11.4. The van der Waals surface area contributed by atoms with Crippen molar-refractivity contribution in [3.05, 3.63) is 90.1 Å². The molecule has 192 valence electrons. The standard InChI is InChI=1S/C26H23F3N5O2S/c1-2-36-21-12-8-18(9-13-21)23-16-32-25(33-20-4-3-5-22(14-20)37(30)35)34-24(23)31-15-17-6-10-19(11-7-17)26(27,28)29/h3-14,16,30H,2,15H2,1H3,(H2,31,32,33,34)/q-1.